The van der Waals surface area contributed by atoms with Crippen LogP contribution in [0.1, 0.15) is 26.7 Å². The molecule has 1 N–H and O–H groups in total. The Morgan fingerprint density at radius 1 is 1.28 bits per heavy atom. The van der Waals surface area contributed by atoms with Gasteiger partial charge in [0.2, 0.25) is 5.91 Å². The third-order valence-corrected chi connectivity index (χ3v) is 4.77. The first-order chi connectivity index (χ1) is 8.36. The molecular formula is C13H19NO4. The van der Waals surface area contributed by atoms with Gasteiger partial charge < -0.3 is 14.7 Å². The van der Waals surface area contributed by atoms with Crippen LogP contribution in [0, 0.1) is 17.3 Å². The molecular weight excluding hydrogens is 234 g/mol. The molecule has 0 aromatic heterocycles. The fourth-order valence-corrected chi connectivity index (χ4v) is 3.27. The zero-order valence-electron chi connectivity index (χ0n) is 10.8. The Labute approximate surface area is 106 Å². The van der Waals surface area contributed by atoms with Crippen molar-refractivity contribution < 1.29 is 19.4 Å². The highest BCUT2D eigenvalue weighted by Gasteiger charge is 2.60. The maximum Gasteiger partial charge on any atom is 0.309 e. The molecule has 1 saturated carbocycles. The Balaban J connectivity index is 1.63. The molecule has 2 saturated heterocycles. The van der Waals surface area contributed by atoms with Crippen molar-refractivity contribution in [2.24, 2.45) is 17.3 Å². The zero-order valence-corrected chi connectivity index (χ0v) is 10.8. The van der Waals surface area contributed by atoms with E-state index in [4.69, 9.17) is 9.84 Å². The number of hydrogen-bond donors (Lipinski definition) is 1. The highest BCUT2D eigenvalue weighted by atomic mass is 16.5. The number of ether oxygens (including phenoxy) is 1. The van der Waals surface area contributed by atoms with Gasteiger partial charge in [-0.25, -0.2) is 0 Å². The van der Waals surface area contributed by atoms with Crippen molar-refractivity contribution in [1.29, 1.82) is 0 Å². The molecule has 1 unspecified atom stereocenters. The van der Waals surface area contributed by atoms with Crippen LogP contribution in [0.4, 0.5) is 0 Å². The minimum Gasteiger partial charge on any atom is -0.481 e. The number of carbonyl (C=O) groups excluding carboxylic acids is 1. The Morgan fingerprint density at radius 2 is 1.89 bits per heavy atom. The number of nitrogens with zero attached hydrogens (tertiary/aromatic N) is 1. The van der Waals surface area contributed by atoms with E-state index in [1.165, 1.54) is 0 Å². The number of likely N-dealkylation sites (tertiary alicyclic amines) is 1. The molecule has 5 nitrogen and oxygen atoms in total. The number of rotatable bonds is 2. The number of aliphatic carboxylic acids is 1. The quantitative estimate of drug-likeness (QED) is 0.788. The second-order valence-electron chi connectivity index (χ2n) is 6.53. The first-order valence-electron chi connectivity index (χ1n) is 6.51. The summed E-state index contributed by atoms with van der Waals surface area (Å²) >= 11 is 0. The Bertz CT molecular complexity index is 411. The number of amides is 1. The molecule has 5 heteroatoms. The number of carboxylic acid groups (broad SMARTS) is 1. The number of carboxylic acids is 1. The summed E-state index contributed by atoms with van der Waals surface area (Å²) in [7, 11) is 0. The van der Waals surface area contributed by atoms with Gasteiger partial charge in [-0.3, -0.25) is 9.59 Å². The SMILES string of the molecule is CC1(C)C[C@@H]1C(=O)N1CC2(C1)OCCC2C(=O)O. The van der Waals surface area contributed by atoms with Crippen LogP contribution in [-0.2, 0) is 14.3 Å². The van der Waals surface area contributed by atoms with Crippen LogP contribution >= 0.6 is 0 Å². The topological polar surface area (TPSA) is 66.8 Å². The van der Waals surface area contributed by atoms with Gasteiger partial charge in [0.1, 0.15) is 5.60 Å². The largest absolute Gasteiger partial charge is 0.481 e. The second-order valence-corrected chi connectivity index (χ2v) is 6.53. The minimum atomic E-state index is -0.800. The van der Waals surface area contributed by atoms with E-state index in [9.17, 15) is 9.59 Å². The summed E-state index contributed by atoms with van der Waals surface area (Å²) in [4.78, 5) is 25.1. The Kier molecular flexibility index (Phi) is 2.31. The highest BCUT2D eigenvalue weighted by molar-refractivity contribution is 5.84. The molecule has 0 aromatic rings. The summed E-state index contributed by atoms with van der Waals surface area (Å²) in [5.41, 5.74) is -0.469. The van der Waals surface area contributed by atoms with Gasteiger partial charge in [-0.2, -0.15) is 0 Å². The van der Waals surface area contributed by atoms with Crippen LogP contribution in [0.25, 0.3) is 0 Å². The molecule has 0 bridgehead atoms. The lowest BCUT2D eigenvalue weighted by atomic mass is 9.80. The lowest BCUT2D eigenvalue weighted by Crippen LogP contribution is -2.67. The van der Waals surface area contributed by atoms with E-state index in [0.717, 1.165) is 6.42 Å². The Hall–Kier alpha value is -1.10. The van der Waals surface area contributed by atoms with Crippen molar-refractivity contribution in [3.63, 3.8) is 0 Å². The molecule has 3 aliphatic rings. The average molecular weight is 253 g/mol. The third kappa shape index (κ3) is 1.56. The van der Waals surface area contributed by atoms with E-state index >= 15 is 0 Å². The second kappa shape index (κ2) is 3.47. The third-order valence-electron chi connectivity index (χ3n) is 4.77. The van der Waals surface area contributed by atoms with Gasteiger partial charge in [-0.15, -0.1) is 0 Å². The normalized spacial score (nSPS) is 35.3. The van der Waals surface area contributed by atoms with E-state index in [0.29, 0.717) is 26.1 Å². The molecule has 1 spiro atoms. The fraction of sp³-hybridized carbons (Fsp3) is 0.846. The maximum atomic E-state index is 12.1. The summed E-state index contributed by atoms with van der Waals surface area (Å²) in [5, 5.41) is 9.16. The van der Waals surface area contributed by atoms with Crippen molar-refractivity contribution in [3.05, 3.63) is 0 Å². The molecule has 2 heterocycles. The van der Waals surface area contributed by atoms with Crippen LogP contribution < -0.4 is 0 Å². The molecule has 0 radical (unpaired) electrons. The average Bonchev–Trinajstić information content (AvgIpc) is 2.72. The van der Waals surface area contributed by atoms with Gasteiger partial charge in [0.25, 0.3) is 0 Å². The van der Waals surface area contributed by atoms with Crippen LogP contribution in [0.2, 0.25) is 0 Å². The zero-order chi connectivity index (χ0) is 13.1. The smallest absolute Gasteiger partial charge is 0.309 e. The molecule has 0 aromatic carbocycles. The fourth-order valence-electron chi connectivity index (χ4n) is 3.27. The standard InChI is InChI=1S/C13H19NO4/c1-12(2)5-9(12)10(15)14-6-13(7-14)8(11(16)17)3-4-18-13/h8-9H,3-7H2,1-2H3,(H,16,17)/t8?,9-/m1/s1. The molecule has 18 heavy (non-hydrogen) atoms. The monoisotopic (exact) mass is 253 g/mol. The summed E-state index contributed by atoms with van der Waals surface area (Å²) in [6.07, 6.45) is 1.50. The molecule has 100 valence electrons. The number of carbonyl (C=O) groups is 2. The van der Waals surface area contributed by atoms with Crippen LogP contribution in [0.3, 0.4) is 0 Å². The van der Waals surface area contributed by atoms with Crippen molar-refractivity contribution >= 4 is 11.9 Å². The molecule has 3 fully saturated rings. The van der Waals surface area contributed by atoms with E-state index in [1.807, 2.05) is 0 Å². The molecule has 3 rings (SSSR count). The first kappa shape index (κ1) is 12.0. The molecule has 2 aliphatic heterocycles. The first-order valence-corrected chi connectivity index (χ1v) is 6.51. The molecule has 1 amide bonds. The van der Waals surface area contributed by atoms with Gasteiger partial charge >= 0.3 is 5.97 Å². The van der Waals surface area contributed by atoms with Gasteiger partial charge in [-0.1, -0.05) is 13.8 Å². The summed E-state index contributed by atoms with van der Waals surface area (Å²) in [6, 6.07) is 0. The van der Waals surface area contributed by atoms with Crippen LogP contribution in [0.5, 0.6) is 0 Å². The van der Waals surface area contributed by atoms with Crippen molar-refractivity contribution in [2.45, 2.75) is 32.3 Å². The predicted octanol–water partition coefficient (Wildman–Crippen LogP) is 0.735. The van der Waals surface area contributed by atoms with Crippen molar-refractivity contribution in [3.8, 4) is 0 Å². The maximum absolute atomic E-state index is 12.1. The predicted molar refractivity (Wildman–Crippen MR) is 62.9 cm³/mol. The Morgan fingerprint density at radius 3 is 2.39 bits per heavy atom. The van der Waals surface area contributed by atoms with E-state index in [-0.39, 0.29) is 17.2 Å². The number of hydrogen-bond acceptors (Lipinski definition) is 3. The van der Waals surface area contributed by atoms with E-state index < -0.39 is 17.5 Å². The minimum absolute atomic E-state index is 0.125. The van der Waals surface area contributed by atoms with Gasteiger partial charge in [0.15, 0.2) is 0 Å². The lowest BCUT2D eigenvalue weighted by molar-refractivity contribution is -0.176. The summed E-state index contributed by atoms with van der Waals surface area (Å²) in [5.74, 6) is -0.954. The van der Waals surface area contributed by atoms with Crippen molar-refractivity contribution in [1.82, 2.24) is 4.90 Å². The van der Waals surface area contributed by atoms with Gasteiger partial charge in [-0.05, 0) is 18.3 Å². The van der Waals surface area contributed by atoms with Crippen LogP contribution in [-0.4, -0.2) is 47.2 Å². The van der Waals surface area contributed by atoms with E-state index in [2.05, 4.69) is 13.8 Å². The summed E-state index contributed by atoms with van der Waals surface area (Å²) in [6.45, 7) is 5.59. The highest BCUT2D eigenvalue weighted by Crippen LogP contribution is 2.53. The summed E-state index contributed by atoms with van der Waals surface area (Å²) < 4.78 is 5.61. The molecule has 1 aliphatic carbocycles. The van der Waals surface area contributed by atoms with Gasteiger partial charge in [0, 0.05) is 12.5 Å². The lowest BCUT2D eigenvalue weighted by Gasteiger charge is -2.49. The van der Waals surface area contributed by atoms with E-state index in [1.54, 1.807) is 4.90 Å². The van der Waals surface area contributed by atoms with Crippen molar-refractivity contribution in [2.75, 3.05) is 19.7 Å². The molecule has 2 atom stereocenters. The van der Waals surface area contributed by atoms with Crippen LogP contribution in [0.15, 0.2) is 0 Å². The van der Waals surface area contributed by atoms with Gasteiger partial charge in [0.05, 0.1) is 19.0 Å².